The lowest BCUT2D eigenvalue weighted by Crippen LogP contribution is -2.49. The summed E-state index contributed by atoms with van der Waals surface area (Å²) in [5, 5.41) is 2.49. The molecule has 1 unspecified atom stereocenters. The third-order valence-electron chi connectivity index (χ3n) is 5.86. The van der Waals surface area contributed by atoms with Crippen molar-refractivity contribution in [1.82, 2.24) is 20.2 Å². The van der Waals surface area contributed by atoms with Crippen LogP contribution in [0.1, 0.15) is 51.1 Å². The first kappa shape index (κ1) is 19.8. The number of rotatable bonds is 6. The molecule has 1 aliphatic heterocycles. The number of aromatic amines is 1. The lowest BCUT2D eigenvalue weighted by atomic mass is 9.79. The number of carbonyl (C=O) groups excluding carboxylic acids is 2. The Hall–Kier alpha value is -1.99. The molecule has 7 nitrogen and oxygen atoms in total. The van der Waals surface area contributed by atoms with Gasteiger partial charge in [0.1, 0.15) is 0 Å². The largest absolute Gasteiger partial charge is 0.351 e. The van der Waals surface area contributed by atoms with Crippen LogP contribution < -0.4 is 11.1 Å². The monoisotopic (exact) mass is 373 g/mol. The molecule has 0 spiro atoms. The number of carbonyl (C=O) groups is 2. The van der Waals surface area contributed by atoms with E-state index < -0.39 is 11.9 Å². The normalized spacial score (nSPS) is 25.7. The number of amides is 2. The number of nitrogens with zero attached hydrogens (tertiary/aromatic N) is 2. The minimum absolute atomic E-state index is 0.219. The number of imidazole rings is 1. The fourth-order valence-electron chi connectivity index (χ4n) is 4.35. The zero-order valence-corrected chi connectivity index (χ0v) is 16.1. The molecular formula is C20H31N5O2. The van der Waals surface area contributed by atoms with Crippen LogP contribution in [-0.4, -0.2) is 51.9 Å². The summed E-state index contributed by atoms with van der Waals surface area (Å²) in [6.07, 6.45) is 14.7. The van der Waals surface area contributed by atoms with Crippen molar-refractivity contribution in [3.05, 3.63) is 24.3 Å². The maximum Gasteiger partial charge on any atom is 0.243 e. The number of nitrogens with one attached hydrogen (secondary N) is 2. The van der Waals surface area contributed by atoms with Crippen LogP contribution in [0.15, 0.2) is 18.6 Å². The van der Waals surface area contributed by atoms with Gasteiger partial charge in [0.15, 0.2) is 0 Å². The van der Waals surface area contributed by atoms with E-state index in [-0.39, 0.29) is 11.9 Å². The number of aromatic nitrogens is 2. The van der Waals surface area contributed by atoms with Crippen molar-refractivity contribution in [2.75, 3.05) is 13.1 Å². The first-order valence-electron chi connectivity index (χ1n) is 10.0. The van der Waals surface area contributed by atoms with Gasteiger partial charge in [0.25, 0.3) is 0 Å². The molecule has 2 heterocycles. The maximum atomic E-state index is 12.7. The van der Waals surface area contributed by atoms with Gasteiger partial charge in [-0.1, -0.05) is 38.2 Å². The van der Waals surface area contributed by atoms with Crippen LogP contribution in [0.5, 0.6) is 0 Å². The van der Waals surface area contributed by atoms with E-state index in [1.807, 2.05) is 18.3 Å². The highest BCUT2D eigenvalue weighted by Crippen LogP contribution is 2.37. The van der Waals surface area contributed by atoms with Crippen LogP contribution >= 0.6 is 0 Å². The summed E-state index contributed by atoms with van der Waals surface area (Å²) in [5.74, 6) is 0.584. The van der Waals surface area contributed by atoms with Gasteiger partial charge in [0.2, 0.25) is 11.8 Å². The summed E-state index contributed by atoms with van der Waals surface area (Å²) in [7, 11) is 0. The molecule has 4 N–H and O–H groups in total. The smallest absolute Gasteiger partial charge is 0.243 e. The summed E-state index contributed by atoms with van der Waals surface area (Å²) in [6, 6.07) is -0.957. The van der Waals surface area contributed by atoms with Crippen molar-refractivity contribution in [3.63, 3.8) is 0 Å². The van der Waals surface area contributed by atoms with E-state index in [4.69, 9.17) is 5.73 Å². The van der Waals surface area contributed by atoms with Gasteiger partial charge in [-0.25, -0.2) is 4.98 Å². The van der Waals surface area contributed by atoms with E-state index in [0.29, 0.717) is 18.4 Å². The first-order valence-corrected chi connectivity index (χ1v) is 10.0. The van der Waals surface area contributed by atoms with Crippen molar-refractivity contribution in [3.8, 4) is 0 Å². The fraction of sp³-hybridized carbons (Fsp3) is 0.650. The second-order valence-corrected chi connectivity index (χ2v) is 7.90. The SMILES string of the molecule is C[C@H](N)C(=O)NC(=O)[C@@H]1CC(C2CCCCC2)CN1C/C=C/c1c[nH]cn1. The zero-order chi connectivity index (χ0) is 19.2. The van der Waals surface area contributed by atoms with Gasteiger partial charge in [-0.05, 0) is 31.3 Å². The molecule has 1 aromatic heterocycles. The minimum Gasteiger partial charge on any atom is -0.351 e. The van der Waals surface area contributed by atoms with Gasteiger partial charge in [-0.15, -0.1) is 0 Å². The Balaban J connectivity index is 1.65. The molecule has 1 saturated carbocycles. The number of likely N-dealkylation sites (tertiary alicyclic amines) is 1. The number of hydrogen-bond donors (Lipinski definition) is 3. The van der Waals surface area contributed by atoms with Crippen molar-refractivity contribution in [1.29, 1.82) is 0 Å². The highest BCUT2D eigenvalue weighted by Gasteiger charge is 2.40. The molecular weight excluding hydrogens is 342 g/mol. The molecule has 0 bridgehead atoms. The molecule has 2 aliphatic rings. The highest BCUT2D eigenvalue weighted by molar-refractivity contribution is 5.99. The van der Waals surface area contributed by atoms with Crippen molar-refractivity contribution < 1.29 is 9.59 Å². The van der Waals surface area contributed by atoms with Crippen molar-refractivity contribution in [2.45, 2.75) is 57.5 Å². The van der Waals surface area contributed by atoms with Gasteiger partial charge in [0, 0.05) is 19.3 Å². The molecule has 3 rings (SSSR count). The zero-order valence-electron chi connectivity index (χ0n) is 16.1. The van der Waals surface area contributed by atoms with Gasteiger partial charge >= 0.3 is 0 Å². The predicted molar refractivity (Wildman–Crippen MR) is 104 cm³/mol. The van der Waals surface area contributed by atoms with Crippen LogP contribution in [0.2, 0.25) is 0 Å². The van der Waals surface area contributed by atoms with Gasteiger partial charge in [-0.2, -0.15) is 0 Å². The number of imide groups is 1. The molecule has 0 aromatic carbocycles. The Bertz CT molecular complexity index is 649. The van der Waals surface area contributed by atoms with Crippen LogP contribution in [0, 0.1) is 11.8 Å². The molecule has 1 saturated heterocycles. The summed E-state index contributed by atoms with van der Waals surface area (Å²) in [4.78, 5) is 33.9. The van der Waals surface area contributed by atoms with E-state index in [2.05, 4.69) is 20.2 Å². The second kappa shape index (κ2) is 9.28. The van der Waals surface area contributed by atoms with Crippen molar-refractivity contribution >= 4 is 17.9 Å². The average Bonchev–Trinajstić information content (AvgIpc) is 3.32. The minimum atomic E-state index is -0.683. The molecule has 2 amide bonds. The molecule has 3 atom stereocenters. The molecule has 148 valence electrons. The van der Waals surface area contributed by atoms with E-state index in [0.717, 1.165) is 18.7 Å². The van der Waals surface area contributed by atoms with Crippen LogP contribution in [0.25, 0.3) is 6.08 Å². The average molecular weight is 374 g/mol. The molecule has 1 aliphatic carbocycles. The predicted octanol–water partition coefficient (Wildman–Crippen LogP) is 1.68. The van der Waals surface area contributed by atoms with E-state index >= 15 is 0 Å². The van der Waals surface area contributed by atoms with E-state index in [1.165, 1.54) is 32.1 Å². The Kier molecular flexibility index (Phi) is 6.79. The summed E-state index contributed by atoms with van der Waals surface area (Å²) < 4.78 is 0. The van der Waals surface area contributed by atoms with E-state index in [9.17, 15) is 9.59 Å². The van der Waals surface area contributed by atoms with Crippen LogP contribution in [0.4, 0.5) is 0 Å². The summed E-state index contributed by atoms with van der Waals surface area (Å²) in [6.45, 7) is 3.16. The Labute approximate surface area is 160 Å². The lowest BCUT2D eigenvalue weighted by molar-refractivity contribution is -0.133. The van der Waals surface area contributed by atoms with Crippen LogP contribution in [0.3, 0.4) is 0 Å². The molecule has 2 fully saturated rings. The Morgan fingerprint density at radius 1 is 1.37 bits per heavy atom. The molecule has 7 heteroatoms. The van der Waals surface area contributed by atoms with Gasteiger partial charge in [-0.3, -0.25) is 19.8 Å². The number of hydrogen-bond acceptors (Lipinski definition) is 5. The number of H-pyrrole nitrogens is 1. The standard InChI is InChI=1S/C20H31N5O2/c1-14(21)19(26)24-20(27)18-10-16(15-6-3-2-4-7-15)12-25(18)9-5-8-17-11-22-13-23-17/h5,8,11,13-16,18H,2-4,6-7,9-10,12,21H2,1H3,(H,22,23)(H,24,26,27)/b8-5+/t14-,16?,18-/m0/s1. The fourth-order valence-corrected chi connectivity index (χ4v) is 4.35. The topological polar surface area (TPSA) is 104 Å². The third-order valence-corrected chi connectivity index (χ3v) is 5.86. The second-order valence-electron chi connectivity index (χ2n) is 7.90. The highest BCUT2D eigenvalue weighted by atomic mass is 16.2. The Morgan fingerprint density at radius 3 is 2.81 bits per heavy atom. The van der Waals surface area contributed by atoms with E-state index in [1.54, 1.807) is 13.3 Å². The number of nitrogens with two attached hydrogens (primary N) is 1. The summed E-state index contributed by atoms with van der Waals surface area (Å²) in [5.41, 5.74) is 6.46. The lowest BCUT2D eigenvalue weighted by Gasteiger charge is -2.27. The Morgan fingerprint density at radius 2 is 2.15 bits per heavy atom. The third kappa shape index (κ3) is 5.26. The van der Waals surface area contributed by atoms with Gasteiger partial charge < -0.3 is 10.7 Å². The molecule has 27 heavy (non-hydrogen) atoms. The van der Waals surface area contributed by atoms with Crippen molar-refractivity contribution in [2.24, 2.45) is 17.6 Å². The van der Waals surface area contributed by atoms with Gasteiger partial charge in [0.05, 0.1) is 24.1 Å². The van der Waals surface area contributed by atoms with Crippen LogP contribution in [-0.2, 0) is 9.59 Å². The molecule has 0 radical (unpaired) electrons. The molecule has 1 aromatic rings. The maximum absolute atomic E-state index is 12.7. The quantitative estimate of drug-likeness (QED) is 0.704. The first-order chi connectivity index (χ1) is 13.0. The summed E-state index contributed by atoms with van der Waals surface area (Å²) >= 11 is 0.